The van der Waals surface area contributed by atoms with Crippen LogP contribution in [0.1, 0.15) is 35.5 Å². The number of fused-ring (bicyclic) bond motifs is 1. The maximum Gasteiger partial charge on any atom is 0.266 e. The predicted molar refractivity (Wildman–Crippen MR) is 141 cm³/mol. The number of hydrogen-bond donors (Lipinski definition) is 0. The highest BCUT2D eigenvalue weighted by Gasteiger charge is 2.30. The minimum atomic E-state index is -0.219. The van der Waals surface area contributed by atoms with E-state index in [2.05, 4.69) is 23.9 Å². The quantitative estimate of drug-likeness (QED) is 0.255. The van der Waals surface area contributed by atoms with Crippen molar-refractivity contribution in [2.24, 2.45) is 0 Å². The van der Waals surface area contributed by atoms with Gasteiger partial charge in [-0.3, -0.25) is 9.69 Å². The Kier molecular flexibility index (Phi) is 7.57. The smallest absolute Gasteiger partial charge is 0.266 e. The highest BCUT2D eigenvalue weighted by molar-refractivity contribution is 7.22. The second-order valence-electron chi connectivity index (χ2n) is 7.94. The van der Waals surface area contributed by atoms with Crippen molar-refractivity contribution in [2.75, 3.05) is 31.1 Å². The first-order chi connectivity index (χ1) is 16.3. The van der Waals surface area contributed by atoms with E-state index in [9.17, 15) is 4.79 Å². The second kappa shape index (κ2) is 10.4. The molecule has 0 saturated carbocycles. The van der Waals surface area contributed by atoms with E-state index in [0.717, 1.165) is 28.9 Å². The molecule has 2 aromatic heterocycles. The summed E-state index contributed by atoms with van der Waals surface area (Å²) >= 11 is 14.2. The highest BCUT2D eigenvalue weighted by atomic mass is 35.5. The summed E-state index contributed by atoms with van der Waals surface area (Å²) < 4.78 is 6.45. The van der Waals surface area contributed by atoms with Crippen LogP contribution in [0.2, 0.25) is 10.0 Å². The minimum Gasteiger partial charge on any atom is -0.360 e. The molecule has 0 unspecified atom stereocenters. The van der Waals surface area contributed by atoms with Gasteiger partial charge < -0.3 is 9.42 Å². The standard InChI is InChI=1S/C25H26Cl2N4O2S/c1-5-30(6-2)13-14-31(25-28-22-15(3)18(26)11-12-20(22)34-25)24(32)21-16(4)33-29-23(21)17-9-7-8-10-19(17)27/h7-12H,5-6,13-14H2,1-4H3. The van der Waals surface area contributed by atoms with Crippen LogP contribution in [-0.4, -0.2) is 47.1 Å². The molecule has 0 N–H and O–H groups in total. The summed E-state index contributed by atoms with van der Waals surface area (Å²) in [7, 11) is 0. The molecule has 0 aliphatic carbocycles. The number of aryl methyl sites for hydroxylation is 2. The van der Waals surface area contributed by atoms with Crippen molar-refractivity contribution in [2.45, 2.75) is 27.7 Å². The Labute approximate surface area is 213 Å². The SMILES string of the molecule is CCN(CC)CCN(C(=O)c1c(-c2ccccc2Cl)noc1C)c1nc2c(C)c(Cl)ccc2s1. The number of benzene rings is 2. The number of likely N-dealkylation sites (N-methyl/N-ethyl adjacent to an activating group) is 1. The monoisotopic (exact) mass is 516 g/mol. The van der Waals surface area contributed by atoms with Crippen molar-refractivity contribution >= 4 is 55.8 Å². The zero-order valence-corrected chi connectivity index (χ0v) is 21.9. The van der Waals surface area contributed by atoms with Crippen molar-refractivity contribution in [3.05, 3.63) is 63.3 Å². The van der Waals surface area contributed by atoms with E-state index in [4.69, 9.17) is 32.7 Å². The zero-order chi connectivity index (χ0) is 24.4. The van der Waals surface area contributed by atoms with Crippen molar-refractivity contribution in [3.63, 3.8) is 0 Å². The van der Waals surface area contributed by atoms with Gasteiger partial charge in [-0.2, -0.15) is 0 Å². The first-order valence-electron chi connectivity index (χ1n) is 11.2. The molecule has 9 heteroatoms. The molecule has 2 aromatic carbocycles. The van der Waals surface area contributed by atoms with E-state index < -0.39 is 0 Å². The van der Waals surface area contributed by atoms with Crippen molar-refractivity contribution in [1.29, 1.82) is 0 Å². The third-order valence-corrected chi connectivity index (χ3v) is 7.74. The van der Waals surface area contributed by atoms with Gasteiger partial charge in [0.05, 0.1) is 15.2 Å². The number of aromatic nitrogens is 2. The van der Waals surface area contributed by atoms with Gasteiger partial charge in [0, 0.05) is 23.7 Å². The zero-order valence-electron chi connectivity index (χ0n) is 19.6. The second-order valence-corrected chi connectivity index (χ2v) is 9.76. The fourth-order valence-electron chi connectivity index (χ4n) is 3.87. The highest BCUT2D eigenvalue weighted by Crippen LogP contribution is 2.36. The molecule has 0 atom stereocenters. The van der Waals surface area contributed by atoms with Gasteiger partial charge in [-0.25, -0.2) is 4.98 Å². The van der Waals surface area contributed by atoms with Crippen LogP contribution in [0.4, 0.5) is 5.13 Å². The van der Waals surface area contributed by atoms with Gasteiger partial charge in [0.25, 0.3) is 5.91 Å². The van der Waals surface area contributed by atoms with E-state index in [-0.39, 0.29) is 5.91 Å². The third-order valence-electron chi connectivity index (χ3n) is 5.95. The normalized spacial score (nSPS) is 11.5. The Morgan fingerprint density at radius 3 is 2.47 bits per heavy atom. The van der Waals surface area contributed by atoms with E-state index >= 15 is 0 Å². The third kappa shape index (κ3) is 4.70. The van der Waals surface area contributed by atoms with Gasteiger partial charge in [0.2, 0.25) is 0 Å². The summed E-state index contributed by atoms with van der Waals surface area (Å²) in [5, 5.41) is 5.96. The molecular formula is C25H26Cl2N4O2S. The molecule has 0 radical (unpaired) electrons. The summed E-state index contributed by atoms with van der Waals surface area (Å²) in [4.78, 5) is 22.9. The van der Waals surface area contributed by atoms with Crippen LogP contribution in [0.5, 0.6) is 0 Å². The number of carbonyl (C=O) groups excluding carboxylic acids is 1. The first-order valence-corrected chi connectivity index (χ1v) is 12.7. The van der Waals surface area contributed by atoms with Crippen LogP contribution in [0, 0.1) is 13.8 Å². The summed E-state index contributed by atoms with van der Waals surface area (Å²) in [6.45, 7) is 10.9. The van der Waals surface area contributed by atoms with Gasteiger partial charge >= 0.3 is 0 Å². The molecule has 2 heterocycles. The van der Waals surface area contributed by atoms with Crippen LogP contribution in [0.3, 0.4) is 0 Å². The lowest BCUT2D eigenvalue weighted by molar-refractivity contribution is 0.0983. The van der Waals surface area contributed by atoms with E-state index in [1.54, 1.807) is 17.9 Å². The molecule has 0 spiro atoms. The summed E-state index contributed by atoms with van der Waals surface area (Å²) in [5.41, 5.74) is 3.18. The molecule has 0 bridgehead atoms. The van der Waals surface area contributed by atoms with Gasteiger partial charge in [-0.05, 0) is 50.7 Å². The molecule has 4 aromatic rings. The molecule has 0 fully saturated rings. The van der Waals surface area contributed by atoms with E-state index in [1.807, 2.05) is 37.3 Å². The lowest BCUT2D eigenvalue weighted by Crippen LogP contribution is -2.39. The molecule has 34 heavy (non-hydrogen) atoms. The van der Waals surface area contributed by atoms with E-state index in [1.165, 1.54) is 11.3 Å². The van der Waals surface area contributed by atoms with Crippen molar-refractivity contribution in [1.82, 2.24) is 15.0 Å². The van der Waals surface area contributed by atoms with Crippen LogP contribution in [0.15, 0.2) is 40.9 Å². The van der Waals surface area contributed by atoms with Crippen LogP contribution >= 0.6 is 34.5 Å². The summed E-state index contributed by atoms with van der Waals surface area (Å²) in [5.74, 6) is 0.219. The maximum absolute atomic E-state index is 14.1. The number of halogens is 2. The molecule has 0 aliphatic heterocycles. The molecule has 0 saturated heterocycles. The molecule has 178 valence electrons. The maximum atomic E-state index is 14.1. The lowest BCUT2D eigenvalue weighted by Gasteiger charge is -2.24. The fourth-order valence-corrected chi connectivity index (χ4v) is 5.29. The Balaban J connectivity index is 1.81. The number of anilines is 1. The number of amides is 1. The Morgan fingerprint density at radius 1 is 1.03 bits per heavy atom. The van der Waals surface area contributed by atoms with Gasteiger partial charge in [0.1, 0.15) is 17.0 Å². The van der Waals surface area contributed by atoms with Crippen LogP contribution in [-0.2, 0) is 0 Å². The predicted octanol–water partition coefficient (Wildman–Crippen LogP) is 6.86. The fraction of sp³-hybridized carbons (Fsp3) is 0.320. The number of nitrogens with zero attached hydrogens (tertiary/aromatic N) is 4. The molecule has 0 aliphatic rings. The topological polar surface area (TPSA) is 62.5 Å². The number of rotatable bonds is 8. The summed E-state index contributed by atoms with van der Waals surface area (Å²) in [6, 6.07) is 11.1. The number of carbonyl (C=O) groups is 1. The van der Waals surface area contributed by atoms with Crippen molar-refractivity contribution in [3.8, 4) is 11.3 Å². The molecule has 6 nitrogen and oxygen atoms in total. The molecule has 4 rings (SSSR count). The van der Waals surface area contributed by atoms with Gasteiger partial charge in [-0.15, -0.1) is 0 Å². The van der Waals surface area contributed by atoms with Crippen molar-refractivity contribution < 1.29 is 9.32 Å². The van der Waals surface area contributed by atoms with E-state index in [0.29, 0.717) is 50.8 Å². The van der Waals surface area contributed by atoms with Crippen LogP contribution < -0.4 is 4.90 Å². The largest absolute Gasteiger partial charge is 0.360 e. The number of hydrogen-bond acceptors (Lipinski definition) is 6. The summed E-state index contributed by atoms with van der Waals surface area (Å²) in [6.07, 6.45) is 0. The molecular weight excluding hydrogens is 491 g/mol. The average Bonchev–Trinajstić information content (AvgIpc) is 3.43. The minimum absolute atomic E-state index is 0.219. The molecule has 1 amide bonds. The Bertz CT molecular complexity index is 1330. The van der Waals surface area contributed by atoms with Gasteiger partial charge in [-0.1, -0.05) is 71.7 Å². The number of thiazole rings is 1. The Morgan fingerprint density at radius 2 is 1.76 bits per heavy atom. The lowest BCUT2D eigenvalue weighted by atomic mass is 10.1. The first kappa shape index (κ1) is 24.7. The average molecular weight is 517 g/mol. The van der Waals surface area contributed by atoms with Crippen LogP contribution in [0.25, 0.3) is 21.5 Å². The Hall–Kier alpha value is -2.45. The van der Waals surface area contributed by atoms with Gasteiger partial charge in [0.15, 0.2) is 5.13 Å².